The molecule has 1 N–H and O–H groups in total. The predicted octanol–water partition coefficient (Wildman–Crippen LogP) is 1.59. The van der Waals surface area contributed by atoms with Gasteiger partial charge in [-0.1, -0.05) is 0 Å². The maximum atomic E-state index is 13.4. The van der Waals surface area contributed by atoms with E-state index in [9.17, 15) is 19.7 Å². The molecule has 1 aromatic heterocycles. The monoisotopic (exact) mass is 478 g/mol. The number of amides is 2. The first-order chi connectivity index (χ1) is 17.0. The van der Waals surface area contributed by atoms with Crippen molar-refractivity contribution in [2.24, 2.45) is 5.92 Å². The molecule has 2 amide bonds. The van der Waals surface area contributed by atoms with Crippen LogP contribution in [0.2, 0.25) is 0 Å². The Morgan fingerprint density at radius 2 is 1.86 bits per heavy atom. The number of nitro groups is 1. The van der Waals surface area contributed by atoms with Gasteiger partial charge in [0.05, 0.1) is 23.4 Å². The predicted molar refractivity (Wildman–Crippen MR) is 130 cm³/mol. The van der Waals surface area contributed by atoms with Crippen LogP contribution in [0.5, 0.6) is 0 Å². The minimum Gasteiger partial charge on any atom is -0.365 e. The van der Waals surface area contributed by atoms with E-state index in [-0.39, 0.29) is 29.5 Å². The van der Waals surface area contributed by atoms with E-state index in [1.807, 2.05) is 17.0 Å². The van der Waals surface area contributed by atoms with E-state index in [0.29, 0.717) is 39.1 Å². The first-order valence-electron chi connectivity index (χ1n) is 12.2. The number of piperazine rings is 1. The fraction of sp³-hybridized carbons (Fsp3) is 0.480. The summed E-state index contributed by atoms with van der Waals surface area (Å²) in [5.41, 5.74) is 2.76. The molecule has 3 aliphatic heterocycles. The molecule has 10 nitrogen and oxygen atoms in total. The molecule has 0 spiro atoms. The van der Waals surface area contributed by atoms with Crippen LogP contribution >= 0.6 is 0 Å². The van der Waals surface area contributed by atoms with Gasteiger partial charge in [0.15, 0.2) is 0 Å². The van der Waals surface area contributed by atoms with Gasteiger partial charge in [0.25, 0.3) is 5.69 Å². The number of nitro benzene ring substituents is 1. The van der Waals surface area contributed by atoms with Crippen LogP contribution in [0, 0.1) is 16.0 Å². The Kier molecular flexibility index (Phi) is 6.63. The third-order valence-electron chi connectivity index (χ3n) is 7.36. The Morgan fingerprint density at radius 3 is 2.60 bits per heavy atom. The summed E-state index contributed by atoms with van der Waals surface area (Å²) >= 11 is 0. The highest BCUT2D eigenvalue weighted by Gasteiger charge is 2.42. The van der Waals surface area contributed by atoms with Gasteiger partial charge in [-0.05, 0) is 48.6 Å². The lowest BCUT2D eigenvalue weighted by Crippen LogP contribution is -2.62. The fourth-order valence-electron chi connectivity index (χ4n) is 5.50. The van der Waals surface area contributed by atoms with E-state index in [2.05, 4.69) is 20.1 Å². The van der Waals surface area contributed by atoms with Crippen LogP contribution in [0.25, 0.3) is 0 Å². The molecule has 10 heteroatoms. The highest BCUT2D eigenvalue weighted by atomic mass is 16.6. The van der Waals surface area contributed by atoms with Gasteiger partial charge < -0.3 is 15.1 Å². The molecule has 3 aliphatic rings. The van der Waals surface area contributed by atoms with Gasteiger partial charge in [-0.3, -0.25) is 29.6 Å². The Bertz CT molecular complexity index is 1100. The highest BCUT2D eigenvalue weighted by molar-refractivity contribution is 5.82. The quantitative estimate of drug-likeness (QED) is 0.496. The molecule has 4 heterocycles. The van der Waals surface area contributed by atoms with Crippen LogP contribution in [-0.4, -0.2) is 76.8 Å². The van der Waals surface area contributed by atoms with Gasteiger partial charge in [-0.2, -0.15) is 0 Å². The zero-order chi connectivity index (χ0) is 24.4. The van der Waals surface area contributed by atoms with Crippen molar-refractivity contribution in [1.29, 1.82) is 0 Å². The second-order valence-electron chi connectivity index (χ2n) is 9.54. The van der Waals surface area contributed by atoms with Crippen LogP contribution in [0.15, 0.2) is 42.7 Å². The summed E-state index contributed by atoms with van der Waals surface area (Å²) < 4.78 is 0. The largest absolute Gasteiger partial charge is 0.365 e. The topological polar surface area (TPSA) is 112 Å². The summed E-state index contributed by atoms with van der Waals surface area (Å²) in [5, 5.41) is 14.4. The Balaban J connectivity index is 1.36. The van der Waals surface area contributed by atoms with Gasteiger partial charge in [-0.15, -0.1) is 0 Å². The molecule has 2 saturated heterocycles. The van der Waals surface area contributed by atoms with Gasteiger partial charge >= 0.3 is 0 Å². The molecular weight excluding hydrogens is 448 g/mol. The normalized spacial score (nSPS) is 21.8. The van der Waals surface area contributed by atoms with Gasteiger partial charge in [0.1, 0.15) is 0 Å². The second-order valence-corrected chi connectivity index (χ2v) is 9.54. The summed E-state index contributed by atoms with van der Waals surface area (Å²) in [6, 6.07) is 8.54. The third kappa shape index (κ3) is 4.97. The molecule has 0 unspecified atom stereocenters. The van der Waals surface area contributed by atoms with Gasteiger partial charge in [0.2, 0.25) is 11.8 Å². The Labute approximate surface area is 204 Å². The maximum Gasteiger partial charge on any atom is 0.269 e. The van der Waals surface area contributed by atoms with E-state index in [0.717, 1.165) is 42.7 Å². The number of non-ortho nitro benzene ring substituents is 1. The minimum absolute atomic E-state index is 0.0352. The summed E-state index contributed by atoms with van der Waals surface area (Å²) in [4.78, 5) is 47.5. The number of anilines is 1. The molecule has 0 bridgehead atoms. The number of rotatable bonds is 6. The maximum absolute atomic E-state index is 13.4. The van der Waals surface area contributed by atoms with Gasteiger partial charge in [-0.25, -0.2) is 0 Å². The lowest BCUT2D eigenvalue weighted by Gasteiger charge is -2.49. The molecule has 0 aliphatic carbocycles. The number of carbonyl (C=O) groups is 2. The molecule has 2 aromatic rings. The molecule has 1 aromatic carbocycles. The van der Waals surface area contributed by atoms with E-state index in [1.54, 1.807) is 24.5 Å². The van der Waals surface area contributed by atoms with Crippen LogP contribution < -0.4 is 10.2 Å². The van der Waals surface area contributed by atoms with Crippen molar-refractivity contribution < 1.29 is 14.5 Å². The van der Waals surface area contributed by atoms with Crippen molar-refractivity contribution in [1.82, 2.24) is 20.1 Å². The molecule has 184 valence electrons. The summed E-state index contributed by atoms with van der Waals surface area (Å²) in [6.45, 7) is 4.38. The number of pyridine rings is 1. The number of aromatic nitrogens is 1. The van der Waals surface area contributed by atoms with Crippen LogP contribution in [0.1, 0.15) is 24.0 Å². The molecular formula is C25H30N6O4. The van der Waals surface area contributed by atoms with Crippen molar-refractivity contribution in [2.75, 3.05) is 44.2 Å². The summed E-state index contributed by atoms with van der Waals surface area (Å²) in [5.74, 6) is -0.306. The van der Waals surface area contributed by atoms with Crippen molar-refractivity contribution >= 4 is 23.2 Å². The lowest BCUT2D eigenvalue weighted by atomic mass is 9.83. The Morgan fingerprint density at radius 1 is 1.09 bits per heavy atom. The molecule has 35 heavy (non-hydrogen) atoms. The zero-order valence-electron chi connectivity index (χ0n) is 19.6. The van der Waals surface area contributed by atoms with E-state index in [4.69, 9.17) is 0 Å². The SMILES string of the molecule is O=C(NCc1ccncc1)[C@H]1Cc2cc([N+](=O)[O-])ccc2N2CCN(CC(=O)N3CCCC3)C[C@@H]12. The first-order valence-corrected chi connectivity index (χ1v) is 12.2. The third-order valence-corrected chi connectivity index (χ3v) is 7.36. The fourth-order valence-corrected chi connectivity index (χ4v) is 5.50. The number of benzene rings is 1. The van der Waals surface area contributed by atoms with E-state index < -0.39 is 4.92 Å². The summed E-state index contributed by atoms with van der Waals surface area (Å²) in [7, 11) is 0. The number of hydrogen-bond donors (Lipinski definition) is 1. The number of likely N-dealkylation sites (tertiary alicyclic amines) is 1. The number of nitrogens with one attached hydrogen (secondary N) is 1. The zero-order valence-corrected chi connectivity index (χ0v) is 19.6. The van der Waals surface area contributed by atoms with E-state index in [1.165, 1.54) is 6.07 Å². The van der Waals surface area contributed by atoms with Crippen molar-refractivity contribution in [2.45, 2.75) is 31.8 Å². The molecule has 2 atom stereocenters. The standard InChI is InChI=1S/C25H30N6O4/c32-24(29-9-1-2-10-29)17-28-11-12-30-22-4-3-20(31(34)35)13-19(22)14-21(23(30)16-28)25(33)27-15-18-5-7-26-8-6-18/h3-8,13,21,23H,1-2,9-12,14-17H2,(H,27,33)/t21-,23-/m0/s1. The average Bonchev–Trinajstić information content (AvgIpc) is 3.42. The number of nitrogens with zero attached hydrogens (tertiary/aromatic N) is 5. The van der Waals surface area contributed by atoms with Crippen LogP contribution in [0.3, 0.4) is 0 Å². The number of fused-ring (bicyclic) bond motifs is 3. The smallest absolute Gasteiger partial charge is 0.269 e. The van der Waals surface area contributed by atoms with Crippen LogP contribution in [-0.2, 0) is 22.6 Å². The van der Waals surface area contributed by atoms with Gasteiger partial charge in [0, 0.05) is 69.5 Å². The lowest BCUT2D eigenvalue weighted by molar-refractivity contribution is -0.384. The molecule has 0 saturated carbocycles. The summed E-state index contributed by atoms with van der Waals surface area (Å²) in [6.07, 6.45) is 5.93. The van der Waals surface area contributed by atoms with E-state index >= 15 is 0 Å². The first kappa shape index (κ1) is 23.2. The van der Waals surface area contributed by atoms with Crippen LogP contribution in [0.4, 0.5) is 11.4 Å². The number of hydrogen-bond acceptors (Lipinski definition) is 7. The Hall–Kier alpha value is -3.53. The highest BCUT2D eigenvalue weighted by Crippen LogP contribution is 2.38. The van der Waals surface area contributed by atoms with Crippen molar-refractivity contribution in [3.8, 4) is 0 Å². The molecule has 5 rings (SSSR count). The minimum atomic E-state index is -0.396. The van der Waals surface area contributed by atoms with Crippen molar-refractivity contribution in [3.05, 3.63) is 64.0 Å². The molecule has 0 radical (unpaired) electrons. The van der Waals surface area contributed by atoms with Crippen molar-refractivity contribution in [3.63, 3.8) is 0 Å². The second kappa shape index (κ2) is 9.99. The number of carbonyl (C=O) groups excluding carboxylic acids is 2. The average molecular weight is 479 g/mol. The molecule has 2 fully saturated rings.